The minimum atomic E-state index is -0.499. The molecule has 178 valence electrons. The van der Waals surface area contributed by atoms with Crippen molar-refractivity contribution < 1.29 is 19.1 Å². The van der Waals surface area contributed by atoms with Crippen molar-refractivity contribution in [1.29, 1.82) is 0 Å². The first kappa shape index (κ1) is 24.5. The Morgan fingerprint density at radius 3 is 2.11 bits per heavy atom. The van der Waals surface area contributed by atoms with Gasteiger partial charge in [-0.2, -0.15) is 0 Å². The van der Waals surface area contributed by atoms with Crippen molar-refractivity contribution in [3.63, 3.8) is 0 Å². The highest BCUT2D eigenvalue weighted by atomic mass is 35.5. The van der Waals surface area contributed by atoms with Gasteiger partial charge in [0.15, 0.2) is 6.61 Å². The number of anilines is 1. The molecule has 0 aliphatic rings. The molecule has 0 aliphatic carbocycles. The van der Waals surface area contributed by atoms with Crippen LogP contribution in [0.4, 0.5) is 5.00 Å². The molecule has 3 aromatic carbocycles. The topological polar surface area (TPSA) is 64.6 Å². The van der Waals surface area contributed by atoms with Crippen molar-refractivity contribution in [2.24, 2.45) is 0 Å². The monoisotopic (exact) mass is 505 g/mol. The van der Waals surface area contributed by atoms with Crippen molar-refractivity contribution in [3.05, 3.63) is 94.3 Å². The number of benzene rings is 3. The number of ether oxygens (including phenoxy) is 2. The zero-order valence-electron chi connectivity index (χ0n) is 19.3. The van der Waals surface area contributed by atoms with Crippen LogP contribution in [0, 0.1) is 6.92 Å². The quantitative estimate of drug-likeness (QED) is 0.256. The number of thiophene rings is 1. The highest BCUT2D eigenvalue weighted by Gasteiger charge is 2.23. The van der Waals surface area contributed by atoms with Crippen molar-refractivity contribution >= 4 is 39.8 Å². The number of halogens is 1. The normalized spacial score (nSPS) is 10.6. The number of carbonyl (C=O) groups is 2. The van der Waals surface area contributed by atoms with Gasteiger partial charge in [-0.05, 0) is 54.8 Å². The molecule has 1 amide bonds. The molecule has 1 heterocycles. The number of amides is 1. The van der Waals surface area contributed by atoms with Crippen LogP contribution in [0.1, 0.15) is 22.8 Å². The minimum Gasteiger partial charge on any atom is -0.484 e. The maximum absolute atomic E-state index is 12.7. The zero-order chi connectivity index (χ0) is 24.8. The molecule has 0 saturated heterocycles. The Labute approximate surface area is 213 Å². The number of hydrogen-bond acceptors (Lipinski definition) is 5. The second kappa shape index (κ2) is 11.2. The van der Waals surface area contributed by atoms with E-state index in [4.69, 9.17) is 21.1 Å². The number of rotatable bonds is 8. The van der Waals surface area contributed by atoms with Gasteiger partial charge in [0.25, 0.3) is 5.91 Å². The van der Waals surface area contributed by atoms with Crippen LogP contribution in [0.25, 0.3) is 22.3 Å². The van der Waals surface area contributed by atoms with Gasteiger partial charge in [0.1, 0.15) is 16.3 Å². The molecule has 0 saturated carbocycles. The molecule has 0 aliphatic heterocycles. The highest BCUT2D eigenvalue weighted by molar-refractivity contribution is 7.15. The van der Waals surface area contributed by atoms with Crippen molar-refractivity contribution in [2.75, 3.05) is 18.5 Å². The second-order valence-electron chi connectivity index (χ2n) is 7.81. The van der Waals surface area contributed by atoms with E-state index in [2.05, 4.69) is 36.5 Å². The third-order valence-electron chi connectivity index (χ3n) is 5.29. The molecule has 4 rings (SSSR count). The number of aryl methyl sites for hydroxylation is 1. The minimum absolute atomic E-state index is 0.194. The number of hydrogen-bond donors (Lipinski definition) is 1. The Balaban J connectivity index is 1.44. The van der Waals surface area contributed by atoms with Gasteiger partial charge in [0.05, 0.1) is 6.61 Å². The first-order valence-corrected chi connectivity index (χ1v) is 12.3. The third kappa shape index (κ3) is 6.10. The van der Waals surface area contributed by atoms with Crippen molar-refractivity contribution in [3.8, 4) is 28.0 Å². The zero-order valence-corrected chi connectivity index (χ0v) is 20.9. The van der Waals surface area contributed by atoms with Gasteiger partial charge in [0.2, 0.25) is 0 Å². The van der Waals surface area contributed by atoms with Crippen LogP contribution >= 0.6 is 22.9 Å². The van der Waals surface area contributed by atoms with E-state index < -0.39 is 5.97 Å². The van der Waals surface area contributed by atoms with Gasteiger partial charge >= 0.3 is 5.97 Å². The Hall–Kier alpha value is -3.61. The molecule has 0 unspecified atom stereocenters. The van der Waals surface area contributed by atoms with E-state index in [1.54, 1.807) is 19.1 Å². The Morgan fingerprint density at radius 1 is 0.886 bits per heavy atom. The lowest BCUT2D eigenvalue weighted by atomic mass is 10.0. The van der Waals surface area contributed by atoms with Gasteiger partial charge in [-0.3, -0.25) is 4.79 Å². The van der Waals surface area contributed by atoms with E-state index in [0.29, 0.717) is 26.9 Å². The first-order chi connectivity index (χ1) is 16.9. The van der Waals surface area contributed by atoms with Gasteiger partial charge in [-0.1, -0.05) is 65.7 Å². The van der Waals surface area contributed by atoms with Crippen LogP contribution in [-0.4, -0.2) is 25.1 Å². The molecular weight excluding hydrogens is 482 g/mol. The lowest BCUT2D eigenvalue weighted by Gasteiger charge is -2.10. The SMILES string of the molecule is CCOC(=O)c1c(-c2ccc(Cl)cc2)csc1NC(=O)COc1ccc(-c2ccc(C)cc2)cc1. The standard InChI is InChI=1S/C28H24ClNO4S/c1-3-33-28(32)26-24(21-8-12-22(29)13-9-21)17-35-27(26)30-25(31)16-34-23-14-10-20(11-15-23)19-6-4-18(2)5-7-19/h4-15,17H,3,16H2,1-2H3,(H,30,31). The van der Waals surface area contributed by atoms with Gasteiger partial charge in [0, 0.05) is 16.0 Å². The largest absolute Gasteiger partial charge is 0.484 e. The van der Waals surface area contributed by atoms with Crippen LogP contribution < -0.4 is 10.1 Å². The van der Waals surface area contributed by atoms with E-state index in [1.165, 1.54) is 16.9 Å². The lowest BCUT2D eigenvalue weighted by molar-refractivity contribution is -0.118. The van der Waals surface area contributed by atoms with E-state index in [-0.39, 0.29) is 19.1 Å². The van der Waals surface area contributed by atoms with E-state index in [9.17, 15) is 9.59 Å². The Bertz CT molecular complexity index is 1310. The number of carbonyl (C=O) groups excluding carboxylic acids is 2. The van der Waals surface area contributed by atoms with Gasteiger partial charge < -0.3 is 14.8 Å². The summed E-state index contributed by atoms with van der Waals surface area (Å²) >= 11 is 7.25. The fourth-order valence-corrected chi connectivity index (χ4v) is 4.60. The maximum Gasteiger partial charge on any atom is 0.341 e. The van der Waals surface area contributed by atoms with Crippen LogP contribution in [0.3, 0.4) is 0 Å². The summed E-state index contributed by atoms with van der Waals surface area (Å²) in [6.07, 6.45) is 0. The first-order valence-electron chi connectivity index (χ1n) is 11.1. The van der Waals surface area contributed by atoms with Gasteiger partial charge in [-0.25, -0.2) is 4.79 Å². The number of nitrogens with one attached hydrogen (secondary N) is 1. The van der Waals surface area contributed by atoms with Crippen LogP contribution in [0.5, 0.6) is 5.75 Å². The Morgan fingerprint density at radius 2 is 1.49 bits per heavy atom. The smallest absolute Gasteiger partial charge is 0.341 e. The molecular formula is C28H24ClNO4S. The molecule has 0 fully saturated rings. The Kier molecular flexibility index (Phi) is 7.85. The summed E-state index contributed by atoms with van der Waals surface area (Å²) in [7, 11) is 0. The summed E-state index contributed by atoms with van der Waals surface area (Å²) in [6, 6.07) is 23.0. The molecule has 4 aromatic rings. The average molecular weight is 506 g/mol. The lowest BCUT2D eigenvalue weighted by Crippen LogP contribution is -2.21. The molecule has 35 heavy (non-hydrogen) atoms. The summed E-state index contributed by atoms with van der Waals surface area (Å²) in [6.45, 7) is 3.82. The summed E-state index contributed by atoms with van der Waals surface area (Å²) in [5.41, 5.74) is 5.17. The highest BCUT2D eigenvalue weighted by Crippen LogP contribution is 2.36. The molecule has 1 aromatic heterocycles. The fourth-order valence-electron chi connectivity index (χ4n) is 3.50. The molecule has 0 spiro atoms. The predicted octanol–water partition coefficient (Wildman–Crippen LogP) is 7.24. The van der Waals surface area contributed by atoms with E-state index in [0.717, 1.165) is 16.7 Å². The molecule has 0 radical (unpaired) electrons. The third-order valence-corrected chi connectivity index (χ3v) is 6.44. The number of esters is 1. The second-order valence-corrected chi connectivity index (χ2v) is 9.12. The molecule has 0 atom stereocenters. The van der Waals surface area contributed by atoms with Crippen molar-refractivity contribution in [1.82, 2.24) is 0 Å². The van der Waals surface area contributed by atoms with Crippen LogP contribution in [0.15, 0.2) is 78.2 Å². The summed E-state index contributed by atoms with van der Waals surface area (Å²) in [5.74, 6) is -0.293. The van der Waals surface area contributed by atoms with Crippen LogP contribution in [0.2, 0.25) is 5.02 Å². The van der Waals surface area contributed by atoms with Crippen LogP contribution in [-0.2, 0) is 9.53 Å². The predicted molar refractivity (Wildman–Crippen MR) is 141 cm³/mol. The molecule has 0 bridgehead atoms. The summed E-state index contributed by atoms with van der Waals surface area (Å²) in [4.78, 5) is 25.3. The van der Waals surface area contributed by atoms with Gasteiger partial charge in [-0.15, -0.1) is 11.3 Å². The summed E-state index contributed by atoms with van der Waals surface area (Å²) < 4.78 is 10.9. The average Bonchev–Trinajstić information content (AvgIpc) is 3.27. The molecule has 5 nitrogen and oxygen atoms in total. The summed E-state index contributed by atoms with van der Waals surface area (Å²) in [5, 5.41) is 5.62. The van der Waals surface area contributed by atoms with E-state index >= 15 is 0 Å². The molecule has 7 heteroatoms. The molecule has 1 N–H and O–H groups in total. The van der Waals surface area contributed by atoms with E-state index in [1.807, 2.05) is 41.8 Å². The fraction of sp³-hybridized carbons (Fsp3) is 0.143. The maximum atomic E-state index is 12.7. The van der Waals surface area contributed by atoms with Crippen molar-refractivity contribution in [2.45, 2.75) is 13.8 Å².